The van der Waals surface area contributed by atoms with Crippen LogP contribution in [0.4, 0.5) is 0 Å². The second-order valence-corrected chi connectivity index (χ2v) is 5.71. The fraction of sp³-hybridized carbons (Fsp3) is 0.600. The first-order valence-corrected chi connectivity index (χ1v) is 7.06. The van der Waals surface area contributed by atoms with E-state index in [1.54, 1.807) is 6.20 Å². The summed E-state index contributed by atoms with van der Waals surface area (Å²) in [5.74, 6) is -1.04. The Morgan fingerprint density at radius 3 is 2.80 bits per heavy atom. The molecule has 0 saturated heterocycles. The van der Waals surface area contributed by atoms with Crippen molar-refractivity contribution in [2.45, 2.75) is 44.8 Å². The molecular formula is C15H22N2O3. The van der Waals surface area contributed by atoms with E-state index in [0.717, 1.165) is 11.3 Å². The number of aryl methyl sites for hydroxylation is 1. The third-order valence-electron chi connectivity index (χ3n) is 4.13. The van der Waals surface area contributed by atoms with Crippen molar-refractivity contribution >= 4 is 5.97 Å². The summed E-state index contributed by atoms with van der Waals surface area (Å²) >= 11 is 0. The quantitative estimate of drug-likeness (QED) is 0.760. The summed E-state index contributed by atoms with van der Waals surface area (Å²) in [6.07, 6.45) is 3.94. The Labute approximate surface area is 119 Å². The predicted molar refractivity (Wildman–Crippen MR) is 75.2 cm³/mol. The Morgan fingerprint density at radius 2 is 2.20 bits per heavy atom. The third-order valence-corrected chi connectivity index (χ3v) is 4.13. The number of aromatic nitrogens is 1. The Morgan fingerprint density at radius 1 is 1.50 bits per heavy atom. The Bertz CT molecular complexity index is 468. The molecule has 0 bridgehead atoms. The van der Waals surface area contributed by atoms with E-state index in [2.05, 4.69) is 10.3 Å². The molecule has 110 valence electrons. The van der Waals surface area contributed by atoms with Gasteiger partial charge < -0.3 is 15.5 Å². The maximum Gasteiger partial charge on any atom is 0.306 e. The number of rotatable bonds is 5. The zero-order valence-electron chi connectivity index (χ0n) is 11.8. The molecule has 1 heterocycles. The first-order valence-electron chi connectivity index (χ1n) is 7.06. The van der Waals surface area contributed by atoms with Crippen molar-refractivity contribution < 1.29 is 15.0 Å². The van der Waals surface area contributed by atoms with Gasteiger partial charge in [-0.1, -0.05) is 6.07 Å². The summed E-state index contributed by atoms with van der Waals surface area (Å²) in [6.45, 7) is 3.11. The minimum atomic E-state index is -0.783. The zero-order valence-corrected chi connectivity index (χ0v) is 11.8. The average molecular weight is 278 g/mol. The lowest BCUT2D eigenvalue weighted by Gasteiger charge is -2.34. The van der Waals surface area contributed by atoms with Gasteiger partial charge in [-0.2, -0.15) is 0 Å². The number of carboxylic acid groups (broad SMARTS) is 1. The summed E-state index contributed by atoms with van der Waals surface area (Å²) in [4.78, 5) is 15.2. The van der Waals surface area contributed by atoms with Crippen molar-refractivity contribution in [1.82, 2.24) is 10.3 Å². The molecule has 0 amide bonds. The molecule has 5 heteroatoms. The molecule has 0 aromatic carbocycles. The van der Waals surface area contributed by atoms with Crippen molar-refractivity contribution in [2.75, 3.05) is 6.54 Å². The SMILES string of the molecule is Cc1cccnc1CNCC1(O)CCC(C(=O)O)CC1. The van der Waals surface area contributed by atoms with Gasteiger partial charge in [0.1, 0.15) is 0 Å². The number of nitrogens with one attached hydrogen (secondary N) is 1. The van der Waals surface area contributed by atoms with Crippen LogP contribution in [0.2, 0.25) is 0 Å². The summed E-state index contributed by atoms with van der Waals surface area (Å²) in [7, 11) is 0. The fourth-order valence-corrected chi connectivity index (χ4v) is 2.70. The van der Waals surface area contributed by atoms with Gasteiger partial charge in [0, 0.05) is 19.3 Å². The third kappa shape index (κ3) is 3.77. The van der Waals surface area contributed by atoms with E-state index >= 15 is 0 Å². The lowest BCUT2D eigenvalue weighted by molar-refractivity contribution is -0.144. The first kappa shape index (κ1) is 14.9. The molecule has 0 radical (unpaired) electrons. The normalized spacial score (nSPS) is 26.4. The highest BCUT2D eigenvalue weighted by molar-refractivity contribution is 5.70. The van der Waals surface area contributed by atoms with Gasteiger partial charge in [-0.15, -0.1) is 0 Å². The van der Waals surface area contributed by atoms with Gasteiger partial charge in [0.05, 0.1) is 17.2 Å². The van der Waals surface area contributed by atoms with Crippen LogP contribution in [0.5, 0.6) is 0 Å². The highest BCUT2D eigenvalue weighted by Gasteiger charge is 2.35. The highest BCUT2D eigenvalue weighted by Crippen LogP contribution is 2.31. The van der Waals surface area contributed by atoms with Crippen LogP contribution in [0.15, 0.2) is 18.3 Å². The molecule has 0 aliphatic heterocycles. The number of aliphatic carboxylic acids is 1. The molecule has 0 unspecified atom stereocenters. The number of aliphatic hydroxyl groups is 1. The number of hydrogen-bond donors (Lipinski definition) is 3. The highest BCUT2D eigenvalue weighted by atomic mass is 16.4. The smallest absolute Gasteiger partial charge is 0.306 e. The van der Waals surface area contributed by atoms with Crippen LogP contribution >= 0.6 is 0 Å². The lowest BCUT2D eigenvalue weighted by atomic mass is 9.79. The monoisotopic (exact) mass is 278 g/mol. The van der Waals surface area contributed by atoms with Crippen molar-refractivity contribution in [3.63, 3.8) is 0 Å². The van der Waals surface area contributed by atoms with Crippen LogP contribution in [0.1, 0.15) is 36.9 Å². The molecule has 2 rings (SSSR count). The average Bonchev–Trinajstić information content (AvgIpc) is 2.41. The maximum absolute atomic E-state index is 10.9. The molecule has 1 aromatic rings. The fourth-order valence-electron chi connectivity index (χ4n) is 2.70. The Hall–Kier alpha value is -1.46. The topological polar surface area (TPSA) is 82.5 Å². The predicted octanol–water partition coefficient (Wildman–Crippen LogP) is 1.49. The second kappa shape index (κ2) is 6.33. The molecule has 5 nitrogen and oxygen atoms in total. The minimum Gasteiger partial charge on any atom is -0.481 e. The summed E-state index contributed by atoms with van der Waals surface area (Å²) in [5.41, 5.74) is 1.33. The van der Waals surface area contributed by atoms with Gasteiger partial charge in [-0.25, -0.2) is 0 Å². The molecule has 0 spiro atoms. The van der Waals surface area contributed by atoms with Crippen LogP contribution in [-0.2, 0) is 11.3 Å². The summed E-state index contributed by atoms with van der Waals surface area (Å²) in [5, 5.41) is 22.6. The molecule has 20 heavy (non-hydrogen) atoms. The van der Waals surface area contributed by atoms with Crippen LogP contribution in [0.3, 0.4) is 0 Å². The van der Waals surface area contributed by atoms with Gasteiger partial charge in [-0.3, -0.25) is 9.78 Å². The van der Waals surface area contributed by atoms with Crippen molar-refractivity contribution in [2.24, 2.45) is 5.92 Å². The van der Waals surface area contributed by atoms with Crippen LogP contribution in [-0.4, -0.2) is 33.3 Å². The van der Waals surface area contributed by atoms with Gasteiger partial charge in [-0.05, 0) is 44.2 Å². The van der Waals surface area contributed by atoms with Gasteiger partial charge >= 0.3 is 5.97 Å². The molecule has 1 aliphatic carbocycles. The number of carbonyl (C=O) groups is 1. The van der Waals surface area contributed by atoms with E-state index in [1.807, 2.05) is 19.1 Å². The van der Waals surface area contributed by atoms with Crippen LogP contribution in [0.25, 0.3) is 0 Å². The van der Waals surface area contributed by atoms with Gasteiger partial charge in [0.2, 0.25) is 0 Å². The molecule has 3 N–H and O–H groups in total. The number of hydrogen-bond acceptors (Lipinski definition) is 4. The minimum absolute atomic E-state index is 0.298. The first-order chi connectivity index (χ1) is 9.50. The van der Waals surface area contributed by atoms with E-state index in [0.29, 0.717) is 38.8 Å². The second-order valence-electron chi connectivity index (χ2n) is 5.71. The lowest BCUT2D eigenvalue weighted by Crippen LogP contribution is -2.44. The number of nitrogens with zero attached hydrogens (tertiary/aromatic N) is 1. The zero-order chi connectivity index (χ0) is 14.6. The summed E-state index contributed by atoms with van der Waals surface area (Å²) in [6, 6.07) is 3.91. The van der Waals surface area contributed by atoms with Gasteiger partial charge in [0.15, 0.2) is 0 Å². The molecular weight excluding hydrogens is 256 g/mol. The summed E-state index contributed by atoms with van der Waals surface area (Å²) < 4.78 is 0. The largest absolute Gasteiger partial charge is 0.481 e. The molecule has 1 aliphatic rings. The van der Waals surface area contributed by atoms with E-state index in [4.69, 9.17) is 5.11 Å². The van der Waals surface area contributed by atoms with Crippen LogP contribution < -0.4 is 5.32 Å². The van der Waals surface area contributed by atoms with Crippen LogP contribution in [0, 0.1) is 12.8 Å². The van der Waals surface area contributed by atoms with Crippen molar-refractivity contribution in [3.05, 3.63) is 29.6 Å². The number of pyridine rings is 1. The Kier molecular flexibility index (Phi) is 4.73. The number of carboxylic acids is 1. The van der Waals surface area contributed by atoms with E-state index in [-0.39, 0.29) is 5.92 Å². The standard InChI is InChI=1S/C15H22N2O3/c1-11-3-2-8-17-13(11)9-16-10-15(20)6-4-12(5-7-15)14(18)19/h2-3,8,12,16,20H,4-7,9-10H2,1H3,(H,18,19). The van der Waals surface area contributed by atoms with Gasteiger partial charge in [0.25, 0.3) is 0 Å². The molecule has 0 atom stereocenters. The molecule has 1 aromatic heterocycles. The molecule has 1 saturated carbocycles. The molecule has 1 fully saturated rings. The van der Waals surface area contributed by atoms with E-state index in [1.165, 1.54) is 0 Å². The van der Waals surface area contributed by atoms with E-state index < -0.39 is 11.6 Å². The van der Waals surface area contributed by atoms with E-state index in [9.17, 15) is 9.90 Å². The van der Waals surface area contributed by atoms with Crippen molar-refractivity contribution in [3.8, 4) is 0 Å². The Balaban J connectivity index is 1.80. The maximum atomic E-state index is 10.9. The van der Waals surface area contributed by atoms with Crippen molar-refractivity contribution in [1.29, 1.82) is 0 Å².